The normalized spacial score (nSPS) is 45.2. The minimum absolute atomic E-state index is 0.0403. The van der Waals surface area contributed by atoms with Gasteiger partial charge in [0.2, 0.25) is 0 Å². The van der Waals surface area contributed by atoms with Gasteiger partial charge in [0.15, 0.2) is 0 Å². The Morgan fingerprint density at radius 3 is 1.77 bits per heavy atom. The zero-order valence-electron chi connectivity index (χ0n) is 8.20. The van der Waals surface area contributed by atoms with E-state index in [0.717, 1.165) is 0 Å². The van der Waals surface area contributed by atoms with Crippen LogP contribution >= 0.6 is 7.82 Å². The molecule has 3 saturated heterocycles. The van der Waals surface area contributed by atoms with Gasteiger partial charge in [0.05, 0.1) is 19.8 Å². The molecule has 0 amide bonds. The second-order valence-corrected chi connectivity index (χ2v) is 6.47. The first-order chi connectivity index (χ1) is 5.87. The van der Waals surface area contributed by atoms with Crippen LogP contribution in [0.5, 0.6) is 0 Å². The van der Waals surface area contributed by atoms with Gasteiger partial charge in [-0.1, -0.05) is 20.8 Å². The lowest BCUT2D eigenvalue weighted by Crippen LogP contribution is -2.52. The lowest BCUT2D eigenvalue weighted by molar-refractivity contribution is -0.143. The summed E-state index contributed by atoms with van der Waals surface area (Å²) in [4.78, 5) is 0. The summed E-state index contributed by atoms with van der Waals surface area (Å²) in [5.74, 6) is 0. The number of phosphoric acid groups is 1. The predicted octanol–water partition coefficient (Wildman–Crippen LogP) is 2.20. The largest absolute Gasteiger partial charge is 0.474 e. The van der Waals surface area contributed by atoms with Crippen molar-refractivity contribution in [2.45, 2.75) is 20.8 Å². The number of hydrogen-bond acceptors (Lipinski definition) is 4. The van der Waals surface area contributed by atoms with E-state index in [1.54, 1.807) is 0 Å². The summed E-state index contributed by atoms with van der Waals surface area (Å²) < 4.78 is 26.8. The number of hydrogen-bond donors (Lipinski definition) is 0. The summed E-state index contributed by atoms with van der Waals surface area (Å²) in [6.07, 6.45) is 0. The fraction of sp³-hybridized carbons (Fsp3) is 1.00. The molecular formula is C8H15O4P. The Bertz CT molecular complexity index is 237. The van der Waals surface area contributed by atoms with Crippen molar-refractivity contribution in [2.24, 2.45) is 10.8 Å². The Hall–Kier alpha value is 0.110. The maximum absolute atomic E-state index is 11.4. The molecule has 3 rings (SSSR count). The SMILES string of the molecule is CC(C)(C)C12COP(=O)(OC1)OC2. The fourth-order valence-corrected chi connectivity index (χ4v) is 2.93. The van der Waals surface area contributed by atoms with Gasteiger partial charge in [0.1, 0.15) is 0 Å². The first-order valence-electron chi connectivity index (χ1n) is 4.41. The summed E-state index contributed by atoms with van der Waals surface area (Å²) in [7, 11) is -3.14. The van der Waals surface area contributed by atoms with Crippen molar-refractivity contribution < 1.29 is 18.1 Å². The molecule has 0 aromatic heterocycles. The maximum atomic E-state index is 11.4. The van der Waals surface area contributed by atoms with E-state index in [-0.39, 0.29) is 10.8 Å². The average Bonchev–Trinajstić information content (AvgIpc) is 2.04. The average molecular weight is 206 g/mol. The van der Waals surface area contributed by atoms with Crippen molar-refractivity contribution in [3.8, 4) is 0 Å². The molecule has 0 spiro atoms. The second-order valence-electron chi connectivity index (χ2n) is 4.80. The molecule has 3 aliphatic heterocycles. The highest BCUT2D eigenvalue weighted by atomic mass is 31.2. The van der Waals surface area contributed by atoms with Crippen LogP contribution in [0.1, 0.15) is 20.8 Å². The van der Waals surface area contributed by atoms with Gasteiger partial charge in [-0.15, -0.1) is 0 Å². The van der Waals surface area contributed by atoms with E-state index in [1.165, 1.54) is 0 Å². The highest BCUT2D eigenvalue weighted by Crippen LogP contribution is 2.63. The van der Waals surface area contributed by atoms with Crippen molar-refractivity contribution in [3.63, 3.8) is 0 Å². The smallest absolute Gasteiger partial charge is 0.286 e. The van der Waals surface area contributed by atoms with E-state index in [1.807, 2.05) is 0 Å². The van der Waals surface area contributed by atoms with Gasteiger partial charge in [0, 0.05) is 5.41 Å². The Morgan fingerprint density at radius 2 is 1.46 bits per heavy atom. The Morgan fingerprint density at radius 1 is 1.08 bits per heavy atom. The zero-order valence-corrected chi connectivity index (χ0v) is 9.10. The molecule has 3 fully saturated rings. The van der Waals surface area contributed by atoms with E-state index >= 15 is 0 Å². The van der Waals surface area contributed by atoms with Crippen LogP contribution in [0.15, 0.2) is 0 Å². The molecule has 2 bridgehead atoms. The highest BCUT2D eigenvalue weighted by molar-refractivity contribution is 7.48. The molecule has 4 nitrogen and oxygen atoms in total. The molecule has 0 atom stereocenters. The second kappa shape index (κ2) is 2.57. The molecule has 0 N–H and O–H groups in total. The third kappa shape index (κ3) is 1.37. The molecule has 5 heteroatoms. The molecule has 13 heavy (non-hydrogen) atoms. The van der Waals surface area contributed by atoms with Crippen LogP contribution in [-0.2, 0) is 18.1 Å². The molecule has 0 saturated carbocycles. The molecule has 0 aromatic carbocycles. The van der Waals surface area contributed by atoms with Gasteiger partial charge in [-0.2, -0.15) is 0 Å². The molecule has 3 aliphatic rings. The standard InChI is InChI=1S/C8H15O4P/c1-7(2,3)8-4-10-13(9,11-5-8)12-6-8/h4-6H2,1-3H3. The van der Waals surface area contributed by atoms with Crippen LogP contribution in [0.25, 0.3) is 0 Å². The van der Waals surface area contributed by atoms with E-state index in [4.69, 9.17) is 13.6 Å². The monoisotopic (exact) mass is 206 g/mol. The van der Waals surface area contributed by atoms with Crippen molar-refractivity contribution in [3.05, 3.63) is 0 Å². The van der Waals surface area contributed by atoms with Gasteiger partial charge in [-0.25, -0.2) is 4.57 Å². The van der Waals surface area contributed by atoms with Crippen molar-refractivity contribution in [1.82, 2.24) is 0 Å². The third-order valence-electron chi connectivity index (χ3n) is 3.09. The third-order valence-corrected chi connectivity index (χ3v) is 4.42. The van der Waals surface area contributed by atoms with Gasteiger partial charge < -0.3 is 0 Å². The van der Waals surface area contributed by atoms with Crippen LogP contribution in [-0.4, -0.2) is 19.8 Å². The van der Waals surface area contributed by atoms with E-state index in [2.05, 4.69) is 20.8 Å². The van der Waals surface area contributed by atoms with Crippen LogP contribution in [0.3, 0.4) is 0 Å². The zero-order chi connectivity index (χ0) is 9.74. The minimum Gasteiger partial charge on any atom is -0.286 e. The Labute approximate surface area is 78.2 Å². The predicted molar refractivity (Wildman–Crippen MR) is 47.4 cm³/mol. The Kier molecular flexibility index (Phi) is 1.91. The lowest BCUT2D eigenvalue weighted by atomic mass is 9.68. The van der Waals surface area contributed by atoms with Crippen LogP contribution < -0.4 is 0 Å². The number of phosphoric ester groups is 1. The Balaban J connectivity index is 2.25. The molecule has 76 valence electrons. The van der Waals surface area contributed by atoms with Gasteiger partial charge >= 0.3 is 7.82 Å². The summed E-state index contributed by atoms with van der Waals surface area (Å²) in [5, 5.41) is 0. The molecule has 0 aliphatic carbocycles. The quantitative estimate of drug-likeness (QED) is 0.570. The summed E-state index contributed by atoms with van der Waals surface area (Å²) in [6, 6.07) is 0. The van der Waals surface area contributed by atoms with Crippen molar-refractivity contribution in [1.29, 1.82) is 0 Å². The van der Waals surface area contributed by atoms with Crippen molar-refractivity contribution in [2.75, 3.05) is 19.8 Å². The summed E-state index contributed by atoms with van der Waals surface area (Å²) in [5.41, 5.74) is -0.0994. The van der Waals surface area contributed by atoms with E-state index in [9.17, 15) is 4.57 Å². The fourth-order valence-electron chi connectivity index (χ4n) is 1.49. The highest BCUT2D eigenvalue weighted by Gasteiger charge is 2.55. The summed E-state index contributed by atoms with van der Waals surface area (Å²) in [6.45, 7) is 7.79. The van der Waals surface area contributed by atoms with E-state index < -0.39 is 7.82 Å². The van der Waals surface area contributed by atoms with Crippen LogP contribution in [0.2, 0.25) is 0 Å². The minimum atomic E-state index is -3.14. The molecule has 0 radical (unpaired) electrons. The molecule has 3 heterocycles. The molecule has 0 unspecified atom stereocenters. The first kappa shape index (κ1) is 9.66. The van der Waals surface area contributed by atoms with Crippen LogP contribution in [0.4, 0.5) is 0 Å². The first-order valence-corrected chi connectivity index (χ1v) is 5.87. The van der Waals surface area contributed by atoms with Crippen LogP contribution in [0, 0.1) is 10.8 Å². The number of rotatable bonds is 0. The van der Waals surface area contributed by atoms with Gasteiger partial charge in [-0.3, -0.25) is 13.6 Å². The molecule has 0 aromatic rings. The number of fused-ring (bicyclic) bond motifs is 3. The van der Waals surface area contributed by atoms with Gasteiger partial charge in [0.25, 0.3) is 0 Å². The van der Waals surface area contributed by atoms with Gasteiger partial charge in [-0.05, 0) is 5.41 Å². The topological polar surface area (TPSA) is 44.8 Å². The lowest BCUT2D eigenvalue weighted by Gasteiger charge is -2.51. The summed E-state index contributed by atoms with van der Waals surface area (Å²) >= 11 is 0. The van der Waals surface area contributed by atoms with E-state index in [0.29, 0.717) is 19.8 Å². The maximum Gasteiger partial charge on any atom is 0.474 e. The molecular weight excluding hydrogens is 191 g/mol. The van der Waals surface area contributed by atoms with Crippen molar-refractivity contribution >= 4 is 7.82 Å².